The Hall–Kier alpha value is -1.35. The molecule has 66 valence electrons. The molecule has 0 aromatic carbocycles. The molecule has 0 spiro atoms. The number of aromatic nitrogens is 1. The molecule has 0 amide bonds. The lowest BCUT2D eigenvalue weighted by molar-refractivity contribution is 1.33. The van der Waals surface area contributed by atoms with Crippen LogP contribution in [0.2, 0.25) is 0 Å². The van der Waals surface area contributed by atoms with Crippen LogP contribution in [-0.2, 0) is 0 Å². The number of nitrogens with zero attached hydrogens (tertiary/aromatic N) is 1. The van der Waals surface area contributed by atoms with Gasteiger partial charge < -0.3 is 5.73 Å². The number of rotatable bonds is 1. The smallest absolute Gasteiger partial charge is 0.0580 e. The molecule has 2 rings (SSSR count). The van der Waals surface area contributed by atoms with Gasteiger partial charge in [0.25, 0.3) is 0 Å². The van der Waals surface area contributed by atoms with Crippen molar-refractivity contribution in [1.82, 2.24) is 4.98 Å². The van der Waals surface area contributed by atoms with E-state index in [4.69, 9.17) is 5.73 Å². The van der Waals surface area contributed by atoms with Crippen LogP contribution in [-0.4, -0.2) is 4.98 Å². The lowest BCUT2D eigenvalue weighted by Gasteiger charge is -2.00. The van der Waals surface area contributed by atoms with Crippen molar-refractivity contribution in [3.05, 3.63) is 34.8 Å². The number of nitrogen functional groups attached to an aromatic ring is 1. The molecule has 13 heavy (non-hydrogen) atoms. The summed E-state index contributed by atoms with van der Waals surface area (Å²) in [4.78, 5) is 5.25. The van der Waals surface area contributed by atoms with Crippen molar-refractivity contribution in [2.75, 3.05) is 5.73 Å². The standard InChI is InChI=1S/C10H10N2S/c1-7-4-8(6-13-7)9-2-3-12-5-10(9)11/h2-6H,11H2,1H3. The lowest BCUT2D eigenvalue weighted by Crippen LogP contribution is -1.89. The predicted octanol–water partition coefficient (Wildman–Crippen LogP) is 2.70. The topological polar surface area (TPSA) is 38.9 Å². The summed E-state index contributed by atoms with van der Waals surface area (Å²) < 4.78 is 0. The van der Waals surface area contributed by atoms with Gasteiger partial charge in [-0.3, -0.25) is 4.98 Å². The SMILES string of the molecule is Cc1cc(-c2ccncc2N)cs1. The molecular weight excluding hydrogens is 180 g/mol. The molecule has 0 aliphatic heterocycles. The van der Waals surface area contributed by atoms with Crippen LogP contribution in [0.25, 0.3) is 11.1 Å². The highest BCUT2D eigenvalue weighted by Gasteiger charge is 2.02. The molecule has 0 saturated heterocycles. The summed E-state index contributed by atoms with van der Waals surface area (Å²) >= 11 is 1.73. The Morgan fingerprint density at radius 2 is 2.31 bits per heavy atom. The van der Waals surface area contributed by atoms with Gasteiger partial charge in [-0.1, -0.05) is 0 Å². The average Bonchev–Trinajstić information content (AvgIpc) is 2.53. The highest BCUT2D eigenvalue weighted by atomic mass is 32.1. The third kappa shape index (κ3) is 1.55. The Bertz CT molecular complexity index is 420. The molecular formula is C10H10N2S. The first-order valence-electron chi connectivity index (χ1n) is 4.02. The Balaban J connectivity index is 2.52. The van der Waals surface area contributed by atoms with Crippen LogP contribution in [0, 0.1) is 6.92 Å². The number of anilines is 1. The van der Waals surface area contributed by atoms with E-state index >= 15 is 0 Å². The third-order valence-electron chi connectivity index (χ3n) is 1.89. The maximum atomic E-state index is 5.80. The van der Waals surface area contributed by atoms with Crippen molar-refractivity contribution in [2.24, 2.45) is 0 Å². The second-order valence-electron chi connectivity index (χ2n) is 2.91. The van der Waals surface area contributed by atoms with Crippen molar-refractivity contribution in [3.63, 3.8) is 0 Å². The number of hydrogen-bond donors (Lipinski definition) is 1. The van der Waals surface area contributed by atoms with E-state index < -0.39 is 0 Å². The molecule has 3 heteroatoms. The quantitative estimate of drug-likeness (QED) is 0.751. The summed E-state index contributed by atoms with van der Waals surface area (Å²) in [6.45, 7) is 2.09. The predicted molar refractivity (Wildman–Crippen MR) is 56.7 cm³/mol. The fraction of sp³-hybridized carbons (Fsp3) is 0.100. The summed E-state index contributed by atoms with van der Waals surface area (Å²) in [6, 6.07) is 4.08. The maximum Gasteiger partial charge on any atom is 0.0580 e. The minimum atomic E-state index is 0.736. The van der Waals surface area contributed by atoms with Crippen LogP contribution >= 0.6 is 11.3 Å². The minimum absolute atomic E-state index is 0.736. The van der Waals surface area contributed by atoms with Crippen molar-refractivity contribution < 1.29 is 0 Å². The molecule has 2 N–H and O–H groups in total. The maximum absolute atomic E-state index is 5.80. The first kappa shape index (κ1) is 8.26. The second kappa shape index (κ2) is 3.18. The van der Waals surface area contributed by atoms with Gasteiger partial charge in [-0.25, -0.2) is 0 Å². The molecule has 0 aliphatic carbocycles. The first-order valence-corrected chi connectivity index (χ1v) is 4.90. The summed E-state index contributed by atoms with van der Waals surface area (Å²) in [5.74, 6) is 0. The van der Waals surface area contributed by atoms with Crippen molar-refractivity contribution in [3.8, 4) is 11.1 Å². The van der Waals surface area contributed by atoms with Gasteiger partial charge in [0.1, 0.15) is 0 Å². The van der Waals surface area contributed by atoms with Gasteiger partial charge in [-0.2, -0.15) is 0 Å². The molecule has 0 saturated carbocycles. The molecule has 0 radical (unpaired) electrons. The Labute approximate surface area is 81.1 Å². The van der Waals surface area contributed by atoms with E-state index in [2.05, 4.69) is 23.4 Å². The van der Waals surface area contributed by atoms with Gasteiger partial charge in [0.05, 0.1) is 11.9 Å². The molecule has 2 heterocycles. The number of nitrogens with two attached hydrogens (primary N) is 1. The van der Waals surface area contributed by atoms with Gasteiger partial charge >= 0.3 is 0 Å². The van der Waals surface area contributed by atoms with Crippen LogP contribution in [0.5, 0.6) is 0 Å². The summed E-state index contributed by atoms with van der Waals surface area (Å²) in [5, 5.41) is 2.11. The largest absolute Gasteiger partial charge is 0.397 e. The van der Waals surface area contributed by atoms with Gasteiger partial charge in [0, 0.05) is 16.6 Å². The van der Waals surface area contributed by atoms with E-state index in [1.807, 2.05) is 6.07 Å². The molecule has 0 atom stereocenters. The Morgan fingerprint density at radius 3 is 2.92 bits per heavy atom. The van der Waals surface area contributed by atoms with Gasteiger partial charge in [0.2, 0.25) is 0 Å². The zero-order valence-corrected chi connectivity index (χ0v) is 8.14. The van der Waals surface area contributed by atoms with Crippen LogP contribution in [0.15, 0.2) is 29.9 Å². The third-order valence-corrected chi connectivity index (χ3v) is 2.75. The zero-order chi connectivity index (χ0) is 9.26. The second-order valence-corrected chi connectivity index (χ2v) is 4.02. The van der Waals surface area contributed by atoms with Crippen LogP contribution < -0.4 is 5.73 Å². The number of hydrogen-bond acceptors (Lipinski definition) is 3. The van der Waals surface area contributed by atoms with Crippen molar-refractivity contribution >= 4 is 17.0 Å². The molecule has 2 nitrogen and oxygen atoms in total. The lowest BCUT2D eigenvalue weighted by atomic mass is 10.1. The molecule has 2 aromatic rings. The summed E-state index contributed by atoms with van der Waals surface area (Å²) in [6.07, 6.45) is 3.45. The average molecular weight is 190 g/mol. The highest BCUT2D eigenvalue weighted by molar-refractivity contribution is 7.10. The summed E-state index contributed by atoms with van der Waals surface area (Å²) in [5.41, 5.74) is 8.79. The fourth-order valence-electron chi connectivity index (χ4n) is 1.25. The van der Waals surface area contributed by atoms with Gasteiger partial charge in [-0.05, 0) is 30.0 Å². The van der Waals surface area contributed by atoms with E-state index in [1.165, 1.54) is 10.4 Å². The monoisotopic (exact) mass is 190 g/mol. The summed E-state index contributed by atoms with van der Waals surface area (Å²) in [7, 11) is 0. The number of aryl methyl sites for hydroxylation is 1. The van der Waals surface area contributed by atoms with Crippen LogP contribution in [0.4, 0.5) is 5.69 Å². The molecule has 0 unspecified atom stereocenters. The van der Waals surface area contributed by atoms with E-state index in [-0.39, 0.29) is 0 Å². The molecule has 0 bridgehead atoms. The zero-order valence-electron chi connectivity index (χ0n) is 7.32. The Morgan fingerprint density at radius 1 is 1.46 bits per heavy atom. The minimum Gasteiger partial charge on any atom is -0.397 e. The van der Waals surface area contributed by atoms with Crippen molar-refractivity contribution in [1.29, 1.82) is 0 Å². The normalized spacial score (nSPS) is 10.2. The highest BCUT2D eigenvalue weighted by Crippen LogP contribution is 2.28. The molecule has 0 fully saturated rings. The van der Waals surface area contributed by atoms with Crippen LogP contribution in [0.3, 0.4) is 0 Å². The van der Waals surface area contributed by atoms with E-state index in [0.717, 1.165) is 11.3 Å². The van der Waals surface area contributed by atoms with E-state index in [9.17, 15) is 0 Å². The number of pyridine rings is 1. The molecule has 2 aromatic heterocycles. The van der Waals surface area contributed by atoms with Gasteiger partial charge in [0.15, 0.2) is 0 Å². The number of thiophene rings is 1. The Kier molecular flexibility index (Phi) is 2.02. The molecule has 0 aliphatic rings. The van der Waals surface area contributed by atoms with Gasteiger partial charge in [-0.15, -0.1) is 11.3 Å². The van der Waals surface area contributed by atoms with E-state index in [0.29, 0.717) is 0 Å². The van der Waals surface area contributed by atoms with Crippen molar-refractivity contribution in [2.45, 2.75) is 6.92 Å². The van der Waals surface area contributed by atoms with Crippen LogP contribution in [0.1, 0.15) is 4.88 Å². The van der Waals surface area contributed by atoms with E-state index in [1.54, 1.807) is 23.7 Å². The first-order chi connectivity index (χ1) is 6.27. The fourth-order valence-corrected chi connectivity index (χ4v) is 1.96.